The van der Waals surface area contributed by atoms with Crippen molar-refractivity contribution in [3.63, 3.8) is 0 Å². The highest BCUT2D eigenvalue weighted by Gasteiger charge is 2.17. The molecular weight excluding hydrogens is 343 g/mol. The first kappa shape index (κ1) is 18.8. The number of hydrogen-bond donors (Lipinski definition) is 3. The van der Waals surface area contributed by atoms with E-state index in [-0.39, 0.29) is 17.1 Å². The lowest BCUT2D eigenvalue weighted by Gasteiger charge is -2.11. The van der Waals surface area contributed by atoms with Crippen molar-refractivity contribution in [2.45, 2.75) is 6.92 Å². The molecule has 0 fully saturated rings. The largest absolute Gasteiger partial charge is 0.452 e. The Morgan fingerprint density at radius 3 is 2.65 bits per heavy atom. The molecule has 0 aliphatic rings. The number of hydrogen-bond acceptors (Lipinski definition) is 6. The molecule has 0 radical (unpaired) electrons. The number of benzene rings is 1. The van der Waals surface area contributed by atoms with Gasteiger partial charge in [-0.25, -0.2) is 19.0 Å². The van der Waals surface area contributed by atoms with Crippen molar-refractivity contribution in [2.75, 3.05) is 18.5 Å². The van der Waals surface area contributed by atoms with Gasteiger partial charge in [-0.2, -0.15) is 0 Å². The molecule has 2 rings (SSSR count). The third-order valence-electron chi connectivity index (χ3n) is 3.08. The third kappa shape index (κ3) is 5.26. The topological polar surface area (TPSA) is 109 Å². The Bertz CT molecular complexity index is 813. The highest BCUT2D eigenvalue weighted by Crippen LogP contribution is 2.21. The molecule has 3 amide bonds. The lowest BCUT2D eigenvalue weighted by molar-refractivity contribution is -0.123. The number of nitrogens with zero attached hydrogens (tertiary/aromatic N) is 1. The molecule has 0 spiro atoms. The summed E-state index contributed by atoms with van der Waals surface area (Å²) in [7, 11) is 0. The number of pyridine rings is 1. The van der Waals surface area contributed by atoms with E-state index in [4.69, 9.17) is 4.74 Å². The van der Waals surface area contributed by atoms with Crippen molar-refractivity contribution in [3.8, 4) is 0 Å². The Kier molecular flexibility index (Phi) is 6.60. The Morgan fingerprint density at radius 2 is 1.92 bits per heavy atom. The summed E-state index contributed by atoms with van der Waals surface area (Å²) in [5, 5.41) is 7.08. The molecule has 8 nitrogen and oxygen atoms in total. The molecule has 0 atom stereocenters. The van der Waals surface area contributed by atoms with E-state index in [2.05, 4.69) is 15.6 Å². The van der Waals surface area contributed by atoms with E-state index >= 15 is 0 Å². The summed E-state index contributed by atoms with van der Waals surface area (Å²) in [4.78, 5) is 38.9. The lowest BCUT2D eigenvalue weighted by atomic mass is 10.2. The molecule has 9 heteroatoms. The minimum absolute atomic E-state index is 0.0153. The minimum Gasteiger partial charge on any atom is -0.452 e. The number of nitrogens with one attached hydrogen (secondary N) is 3. The summed E-state index contributed by atoms with van der Waals surface area (Å²) in [5.41, 5.74) is 0.149. The first-order chi connectivity index (χ1) is 12.5. The Labute approximate surface area is 148 Å². The number of esters is 1. The Morgan fingerprint density at radius 1 is 1.15 bits per heavy atom. The summed E-state index contributed by atoms with van der Waals surface area (Å²) < 4.78 is 18.6. The van der Waals surface area contributed by atoms with Gasteiger partial charge in [0.15, 0.2) is 6.61 Å². The van der Waals surface area contributed by atoms with Crippen molar-refractivity contribution < 1.29 is 23.5 Å². The van der Waals surface area contributed by atoms with Gasteiger partial charge in [0.1, 0.15) is 17.2 Å². The van der Waals surface area contributed by atoms with Gasteiger partial charge < -0.3 is 15.4 Å². The fourth-order valence-electron chi connectivity index (χ4n) is 1.94. The number of rotatable bonds is 6. The number of halogens is 1. The van der Waals surface area contributed by atoms with Crippen molar-refractivity contribution >= 4 is 29.4 Å². The van der Waals surface area contributed by atoms with Gasteiger partial charge in [-0.1, -0.05) is 12.1 Å². The zero-order chi connectivity index (χ0) is 18.9. The van der Waals surface area contributed by atoms with E-state index in [0.29, 0.717) is 6.54 Å². The first-order valence-corrected chi connectivity index (χ1v) is 7.72. The van der Waals surface area contributed by atoms with E-state index in [1.54, 1.807) is 13.0 Å². The molecule has 1 aromatic carbocycles. The number of carbonyl (C=O) groups is 3. The zero-order valence-corrected chi connectivity index (χ0v) is 13.9. The van der Waals surface area contributed by atoms with Crippen molar-refractivity contribution in [2.24, 2.45) is 0 Å². The van der Waals surface area contributed by atoms with Gasteiger partial charge in [0, 0.05) is 12.7 Å². The lowest BCUT2D eigenvalue weighted by Crippen LogP contribution is -2.41. The van der Waals surface area contributed by atoms with E-state index < -0.39 is 30.3 Å². The van der Waals surface area contributed by atoms with Crippen molar-refractivity contribution in [3.05, 3.63) is 54.0 Å². The van der Waals surface area contributed by atoms with Crippen LogP contribution in [-0.2, 0) is 9.53 Å². The van der Waals surface area contributed by atoms with Crippen molar-refractivity contribution in [1.29, 1.82) is 0 Å². The summed E-state index contributed by atoms with van der Waals surface area (Å²) >= 11 is 0. The number of aromatic nitrogens is 1. The molecule has 3 N–H and O–H groups in total. The molecule has 26 heavy (non-hydrogen) atoms. The van der Waals surface area contributed by atoms with Gasteiger partial charge >= 0.3 is 12.0 Å². The molecule has 1 heterocycles. The average molecular weight is 360 g/mol. The van der Waals surface area contributed by atoms with Crippen LogP contribution >= 0.6 is 0 Å². The zero-order valence-electron chi connectivity index (χ0n) is 13.9. The van der Waals surface area contributed by atoms with Crippen LogP contribution < -0.4 is 16.0 Å². The molecule has 1 aromatic heterocycles. The smallest absolute Gasteiger partial charge is 0.342 e. The van der Waals surface area contributed by atoms with Crippen LogP contribution in [0.4, 0.5) is 20.7 Å². The number of ether oxygens (including phenoxy) is 1. The molecule has 136 valence electrons. The minimum atomic E-state index is -0.844. The highest BCUT2D eigenvalue weighted by atomic mass is 19.1. The van der Waals surface area contributed by atoms with Gasteiger partial charge in [0.25, 0.3) is 5.91 Å². The SMILES string of the molecule is CCNC(=O)NC(=O)COC(=O)c1cccnc1Nc1ccccc1F. The quantitative estimate of drug-likeness (QED) is 0.680. The molecule has 0 aliphatic carbocycles. The number of anilines is 2. The molecule has 0 unspecified atom stereocenters. The maximum Gasteiger partial charge on any atom is 0.342 e. The second kappa shape index (κ2) is 9.11. The van der Waals surface area contributed by atoms with Crippen LogP contribution in [0.15, 0.2) is 42.6 Å². The van der Waals surface area contributed by atoms with E-state index in [1.165, 1.54) is 36.5 Å². The maximum atomic E-state index is 13.7. The summed E-state index contributed by atoms with van der Waals surface area (Å²) in [5.74, 6) is -2.06. The molecule has 0 aliphatic heterocycles. The van der Waals surface area contributed by atoms with Crippen LogP contribution in [0.5, 0.6) is 0 Å². The monoisotopic (exact) mass is 360 g/mol. The fraction of sp³-hybridized carbons (Fsp3) is 0.176. The summed E-state index contributed by atoms with van der Waals surface area (Å²) in [6.45, 7) is 1.39. The molecule has 0 saturated carbocycles. The number of urea groups is 1. The predicted molar refractivity (Wildman–Crippen MR) is 91.4 cm³/mol. The van der Waals surface area contributed by atoms with Crippen LogP contribution in [0.1, 0.15) is 17.3 Å². The second-order valence-corrected chi connectivity index (χ2v) is 4.99. The van der Waals surface area contributed by atoms with Crippen LogP contribution in [0, 0.1) is 5.82 Å². The third-order valence-corrected chi connectivity index (χ3v) is 3.08. The number of imide groups is 1. The van der Waals surface area contributed by atoms with E-state index in [9.17, 15) is 18.8 Å². The first-order valence-electron chi connectivity index (χ1n) is 7.72. The van der Waals surface area contributed by atoms with Gasteiger partial charge in [-0.15, -0.1) is 0 Å². The molecule has 0 bridgehead atoms. The highest BCUT2D eigenvalue weighted by molar-refractivity contribution is 5.98. The maximum absolute atomic E-state index is 13.7. The predicted octanol–water partition coefficient (Wildman–Crippen LogP) is 1.97. The molecule has 0 saturated heterocycles. The Hall–Kier alpha value is -3.49. The second-order valence-electron chi connectivity index (χ2n) is 4.99. The number of carbonyl (C=O) groups excluding carboxylic acids is 3. The van der Waals surface area contributed by atoms with E-state index in [1.807, 2.05) is 5.32 Å². The van der Waals surface area contributed by atoms with Gasteiger partial charge in [-0.05, 0) is 31.2 Å². The van der Waals surface area contributed by atoms with E-state index in [0.717, 1.165) is 0 Å². The van der Waals surface area contributed by atoms with Crippen LogP contribution in [0.3, 0.4) is 0 Å². The van der Waals surface area contributed by atoms with Gasteiger partial charge in [-0.3, -0.25) is 10.1 Å². The summed E-state index contributed by atoms with van der Waals surface area (Å²) in [6, 6.07) is 8.13. The van der Waals surface area contributed by atoms with Gasteiger partial charge in [0.05, 0.1) is 5.69 Å². The average Bonchev–Trinajstić information content (AvgIpc) is 2.62. The summed E-state index contributed by atoms with van der Waals surface area (Å²) in [6.07, 6.45) is 1.42. The number of amides is 3. The standard InChI is InChI=1S/C17H17FN4O4/c1-2-19-17(25)22-14(23)10-26-16(24)11-6-5-9-20-15(11)21-13-8-4-3-7-12(13)18/h3-9H,2,10H2,1H3,(H,20,21)(H2,19,22,23,25). The van der Waals surface area contributed by atoms with Crippen LogP contribution in [-0.4, -0.2) is 36.0 Å². The van der Waals surface area contributed by atoms with Crippen LogP contribution in [0.25, 0.3) is 0 Å². The van der Waals surface area contributed by atoms with Gasteiger partial charge in [0.2, 0.25) is 0 Å². The molecular formula is C17H17FN4O4. The van der Waals surface area contributed by atoms with Crippen molar-refractivity contribution in [1.82, 2.24) is 15.6 Å². The van der Waals surface area contributed by atoms with Crippen LogP contribution in [0.2, 0.25) is 0 Å². The fourth-order valence-corrected chi connectivity index (χ4v) is 1.94. The Balaban J connectivity index is 2.02. The normalized spacial score (nSPS) is 9.92. The number of para-hydroxylation sites is 1. The molecule has 2 aromatic rings.